The molecule has 1 saturated heterocycles. The highest BCUT2D eigenvalue weighted by Gasteiger charge is 2.29. The molecule has 1 nitrogen and oxygen atoms in total. The van der Waals surface area contributed by atoms with Gasteiger partial charge in [0.15, 0.2) is 0 Å². The molecule has 1 rings (SSSR count). The van der Waals surface area contributed by atoms with Crippen LogP contribution in [0.15, 0.2) is 0 Å². The van der Waals surface area contributed by atoms with Gasteiger partial charge < -0.3 is 4.79 Å². The average molecular weight is 262 g/mol. The molecule has 1 aliphatic heterocycles. The van der Waals surface area contributed by atoms with Gasteiger partial charge in [-0.2, -0.15) is 0 Å². The van der Waals surface area contributed by atoms with Crippen LogP contribution in [0.4, 0.5) is 0 Å². The van der Waals surface area contributed by atoms with Crippen LogP contribution < -0.4 is 0 Å². The fourth-order valence-electron chi connectivity index (χ4n) is 1.52. The van der Waals surface area contributed by atoms with E-state index in [1.165, 1.54) is 31.4 Å². The molecule has 0 aliphatic carbocycles. The Bertz CT molecular complexity index is 186. The molecule has 0 unspecified atom stereocenters. The number of carbonyl (C=O) groups excluding carboxylic acids is 1. The number of hydrogen-bond acceptors (Lipinski definition) is 3. The van der Waals surface area contributed by atoms with Crippen LogP contribution in [0.1, 0.15) is 66.2 Å². The van der Waals surface area contributed by atoms with Crippen molar-refractivity contribution >= 4 is 27.4 Å². The Labute approximate surface area is 109 Å². The summed E-state index contributed by atoms with van der Waals surface area (Å²) in [5.74, 6) is 1.63. The lowest BCUT2D eigenvalue weighted by Gasteiger charge is -2.20. The van der Waals surface area contributed by atoms with Crippen LogP contribution in [0.2, 0.25) is 0 Å². The van der Waals surface area contributed by atoms with E-state index in [0.717, 1.165) is 12.8 Å². The van der Waals surface area contributed by atoms with Gasteiger partial charge in [0, 0.05) is 16.9 Å². The lowest BCUT2D eigenvalue weighted by molar-refractivity contribution is -0.117. The summed E-state index contributed by atoms with van der Waals surface area (Å²) in [5.41, 5.74) is 0. The lowest BCUT2D eigenvalue weighted by Crippen LogP contribution is -2.15. The second-order valence-electron chi connectivity index (χ2n) is 4.72. The zero-order valence-corrected chi connectivity index (χ0v) is 12.8. The number of rotatable bonds is 5. The first-order valence-corrected chi connectivity index (χ1v) is 8.66. The quantitative estimate of drug-likeness (QED) is 0.507. The third-order valence-corrected chi connectivity index (χ3v) is 5.82. The van der Waals surface area contributed by atoms with Crippen molar-refractivity contribution in [3.8, 4) is 0 Å². The van der Waals surface area contributed by atoms with E-state index in [-0.39, 0.29) is 0 Å². The van der Waals surface area contributed by atoms with E-state index in [1.54, 1.807) is 6.92 Å². The lowest BCUT2D eigenvalue weighted by atomic mass is 9.99. The van der Waals surface area contributed by atoms with E-state index in [2.05, 4.69) is 20.8 Å². The molecule has 16 heavy (non-hydrogen) atoms. The zero-order valence-electron chi connectivity index (χ0n) is 11.2. The SMILES string of the molecule is CC(=O)CCCC[C@]1(C)CCSS1.CCC. The molecule has 1 fully saturated rings. The van der Waals surface area contributed by atoms with Crippen molar-refractivity contribution in [2.75, 3.05) is 5.75 Å². The van der Waals surface area contributed by atoms with Crippen LogP contribution in [0.3, 0.4) is 0 Å². The van der Waals surface area contributed by atoms with Crippen molar-refractivity contribution in [3.63, 3.8) is 0 Å². The van der Waals surface area contributed by atoms with Gasteiger partial charge in [-0.25, -0.2) is 0 Å². The molecule has 0 spiro atoms. The summed E-state index contributed by atoms with van der Waals surface area (Å²) in [6, 6.07) is 0. The summed E-state index contributed by atoms with van der Waals surface area (Å²) in [4.78, 5) is 10.7. The van der Waals surface area contributed by atoms with Gasteiger partial charge in [0.05, 0.1) is 0 Å². The number of ketones is 1. The van der Waals surface area contributed by atoms with Crippen molar-refractivity contribution in [3.05, 3.63) is 0 Å². The number of Topliss-reactive ketones (excluding diaryl/α,β-unsaturated/α-hetero) is 1. The summed E-state index contributed by atoms with van der Waals surface area (Å²) in [5, 5.41) is 0. The predicted octanol–water partition coefficient (Wildman–Crippen LogP) is 5.10. The van der Waals surface area contributed by atoms with Crippen LogP contribution in [0.25, 0.3) is 0 Å². The molecular weight excluding hydrogens is 236 g/mol. The topological polar surface area (TPSA) is 17.1 Å². The third kappa shape index (κ3) is 8.51. The van der Waals surface area contributed by atoms with Gasteiger partial charge in [-0.15, -0.1) is 0 Å². The first-order valence-electron chi connectivity index (χ1n) is 6.34. The van der Waals surface area contributed by atoms with Crippen molar-refractivity contribution < 1.29 is 4.79 Å². The molecule has 0 aromatic carbocycles. The van der Waals surface area contributed by atoms with E-state index in [9.17, 15) is 4.79 Å². The highest BCUT2D eigenvalue weighted by atomic mass is 33.1. The minimum absolute atomic E-state index is 0.332. The van der Waals surface area contributed by atoms with Gasteiger partial charge in [-0.3, -0.25) is 0 Å². The standard InChI is InChI=1S/C10H18OS2.C3H8/c1-9(11)5-3-4-6-10(2)7-8-12-13-10;1-3-2/h3-8H2,1-2H3;3H2,1-2H3/t10-;/m1./s1. The Kier molecular flexibility index (Phi) is 9.62. The molecule has 0 N–H and O–H groups in total. The predicted molar refractivity (Wildman–Crippen MR) is 78.2 cm³/mol. The van der Waals surface area contributed by atoms with Crippen LogP contribution in [-0.2, 0) is 4.79 Å². The minimum Gasteiger partial charge on any atom is -0.300 e. The number of unbranched alkanes of at least 4 members (excludes halogenated alkanes) is 1. The molecule has 1 aliphatic rings. The maximum Gasteiger partial charge on any atom is 0.129 e. The van der Waals surface area contributed by atoms with E-state index in [4.69, 9.17) is 0 Å². The highest BCUT2D eigenvalue weighted by Crippen LogP contribution is 2.49. The Morgan fingerprint density at radius 3 is 2.38 bits per heavy atom. The van der Waals surface area contributed by atoms with Crippen LogP contribution in [-0.4, -0.2) is 16.3 Å². The van der Waals surface area contributed by atoms with E-state index >= 15 is 0 Å². The molecule has 0 radical (unpaired) electrons. The Morgan fingerprint density at radius 2 is 1.94 bits per heavy atom. The second kappa shape index (κ2) is 9.41. The monoisotopic (exact) mass is 262 g/mol. The van der Waals surface area contributed by atoms with Crippen LogP contribution >= 0.6 is 21.6 Å². The first-order chi connectivity index (χ1) is 7.54. The molecular formula is C13H26OS2. The zero-order chi connectivity index (χ0) is 12.4. The van der Waals surface area contributed by atoms with E-state index in [1.807, 2.05) is 21.6 Å². The maximum absolute atomic E-state index is 10.7. The molecule has 0 aromatic heterocycles. The van der Waals surface area contributed by atoms with Crippen molar-refractivity contribution in [2.45, 2.75) is 71.0 Å². The van der Waals surface area contributed by atoms with Gasteiger partial charge in [-0.05, 0) is 33.1 Å². The molecule has 1 atom stereocenters. The fourth-order valence-corrected chi connectivity index (χ4v) is 4.82. The summed E-state index contributed by atoms with van der Waals surface area (Å²) in [6.07, 6.45) is 6.92. The smallest absolute Gasteiger partial charge is 0.129 e. The van der Waals surface area contributed by atoms with E-state index in [0.29, 0.717) is 10.5 Å². The molecule has 1 heterocycles. The third-order valence-electron chi connectivity index (χ3n) is 2.46. The van der Waals surface area contributed by atoms with Crippen molar-refractivity contribution in [2.24, 2.45) is 0 Å². The summed E-state index contributed by atoms with van der Waals surface area (Å²) < 4.78 is 0.501. The Hall–Kier alpha value is 0.370. The minimum atomic E-state index is 0.332. The maximum atomic E-state index is 10.7. The normalized spacial score (nSPS) is 23.8. The van der Waals surface area contributed by atoms with Gasteiger partial charge in [-0.1, -0.05) is 48.3 Å². The van der Waals surface area contributed by atoms with Gasteiger partial charge in [0.2, 0.25) is 0 Å². The first kappa shape index (κ1) is 16.4. The number of hydrogen-bond donors (Lipinski definition) is 0. The van der Waals surface area contributed by atoms with Crippen LogP contribution in [0.5, 0.6) is 0 Å². The highest BCUT2D eigenvalue weighted by molar-refractivity contribution is 8.77. The Balaban J connectivity index is 0.000000673. The van der Waals surface area contributed by atoms with Crippen molar-refractivity contribution in [1.29, 1.82) is 0 Å². The van der Waals surface area contributed by atoms with E-state index < -0.39 is 0 Å². The van der Waals surface area contributed by atoms with Crippen LogP contribution in [0, 0.1) is 0 Å². The number of carbonyl (C=O) groups is 1. The molecule has 96 valence electrons. The summed E-state index contributed by atoms with van der Waals surface area (Å²) in [7, 11) is 4.03. The average Bonchev–Trinajstić information content (AvgIpc) is 2.62. The molecule has 0 aromatic rings. The largest absolute Gasteiger partial charge is 0.300 e. The second-order valence-corrected chi connectivity index (χ2v) is 7.72. The fraction of sp³-hybridized carbons (Fsp3) is 0.923. The molecule has 0 amide bonds. The summed E-state index contributed by atoms with van der Waals surface area (Å²) in [6.45, 7) is 8.29. The van der Waals surface area contributed by atoms with Gasteiger partial charge >= 0.3 is 0 Å². The van der Waals surface area contributed by atoms with Gasteiger partial charge in [0.1, 0.15) is 5.78 Å². The van der Waals surface area contributed by atoms with Gasteiger partial charge in [0.25, 0.3) is 0 Å². The molecule has 0 saturated carbocycles. The Morgan fingerprint density at radius 1 is 1.31 bits per heavy atom. The summed E-state index contributed by atoms with van der Waals surface area (Å²) >= 11 is 0. The molecule has 3 heteroatoms. The van der Waals surface area contributed by atoms with Crippen molar-refractivity contribution in [1.82, 2.24) is 0 Å². The molecule has 0 bridgehead atoms.